The first-order chi connectivity index (χ1) is 7.49. The van der Waals surface area contributed by atoms with Gasteiger partial charge in [0.25, 0.3) is 0 Å². The van der Waals surface area contributed by atoms with Gasteiger partial charge in [0, 0.05) is 19.3 Å². The molecule has 1 heterocycles. The number of methoxy groups -OCH3 is 1. The number of hydrogen-bond donors (Lipinski definition) is 1. The van der Waals surface area contributed by atoms with Crippen LogP contribution in [0.25, 0.3) is 0 Å². The Morgan fingerprint density at radius 3 is 2.88 bits per heavy atom. The van der Waals surface area contributed by atoms with Crippen molar-refractivity contribution in [3.63, 3.8) is 0 Å². The van der Waals surface area contributed by atoms with Crippen molar-refractivity contribution < 1.29 is 9.53 Å². The first-order valence-corrected chi connectivity index (χ1v) is 5.23. The molecule has 1 N–H and O–H groups in total. The zero-order valence-corrected chi connectivity index (χ0v) is 10.3. The van der Waals surface area contributed by atoms with Crippen LogP contribution in [0.5, 0.6) is 0 Å². The van der Waals surface area contributed by atoms with Gasteiger partial charge in [-0.1, -0.05) is 0 Å². The predicted octanol–water partition coefficient (Wildman–Crippen LogP) is 0.802. The van der Waals surface area contributed by atoms with Crippen molar-refractivity contribution in [1.82, 2.24) is 14.9 Å². The Hall–Kier alpha value is -1.36. The van der Waals surface area contributed by atoms with Crippen molar-refractivity contribution in [3.05, 3.63) is 18.2 Å². The second-order valence-electron chi connectivity index (χ2n) is 4.44. The van der Waals surface area contributed by atoms with Gasteiger partial charge < -0.3 is 14.6 Å². The standard InChI is InChI=1S/C11H19N3O2/c1-11(2,10(15)16-4)7-14-6-9(5-12-3)13-8-14/h6,8,12H,5,7H2,1-4H3. The third kappa shape index (κ3) is 3.06. The Morgan fingerprint density at radius 1 is 1.62 bits per heavy atom. The summed E-state index contributed by atoms with van der Waals surface area (Å²) < 4.78 is 6.66. The van der Waals surface area contributed by atoms with Crippen molar-refractivity contribution in [2.45, 2.75) is 26.9 Å². The molecule has 0 spiro atoms. The number of hydrogen-bond acceptors (Lipinski definition) is 4. The predicted molar refractivity (Wildman–Crippen MR) is 60.8 cm³/mol. The molecule has 1 rings (SSSR count). The summed E-state index contributed by atoms with van der Waals surface area (Å²) in [6.45, 7) is 5.01. The summed E-state index contributed by atoms with van der Waals surface area (Å²) in [7, 11) is 3.28. The quantitative estimate of drug-likeness (QED) is 0.753. The van der Waals surface area contributed by atoms with Gasteiger partial charge in [-0.3, -0.25) is 4.79 Å². The van der Waals surface area contributed by atoms with E-state index in [1.807, 2.05) is 31.7 Å². The molecule has 0 aliphatic heterocycles. The van der Waals surface area contributed by atoms with E-state index in [0.29, 0.717) is 6.54 Å². The highest BCUT2D eigenvalue weighted by Gasteiger charge is 2.29. The van der Waals surface area contributed by atoms with E-state index < -0.39 is 5.41 Å². The van der Waals surface area contributed by atoms with Crippen molar-refractivity contribution in [2.75, 3.05) is 14.2 Å². The zero-order valence-electron chi connectivity index (χ0n) is 10.3. The van der Waals surface area contributed by atoms with Crippen LogP contribution in [0.15, 0.2) is 12.5 Å². The van der Waals surface area contributed by atoms with Crippen LogP contribution in [-0.4, -0.2) is 29.7 Å². The van der Waals surface area contributed by atoms with Gasteiger partial charge in [-0.25, -0.2) is 4.98 Å². The van der Waals surface area contributed by atoms with E-state index in [-0.39, 0.29) is 5.97 Å². The van der Waals surface area contributed by atoms with E-state index in [4.69, 9.17) is 4.74 Å². The molecule has 0 aliphatic carbocycles. The minimum Gasteiger partial charge on any atom is -0.469 e. The lowest BCUT2D eigenvalue weighted by molar-refractivity contribution is -0.151. The third-order valence-corrected chi connectivity index (χ3v) is 2.36. The van der Waals surface area contributed by atoms with Gasteiger partial charge in [-0.2, -0.15) is 0 Å². The fourth-order valence-electron chi connectivity index (χ4n) is 1.56. The average Bonchev–Trinajstić information content (AvgIpc) is 2.64. The molecule has 0 bridgehead atoms. The summed E-state index contributed by atoms with van der Waals surface area (Å²) >= 11 is 0. The number of ether oxygens (including phenoxy) is 1. The van der Waals surface area contributed by atoms with Crippen LogP contribution in [0, 0.1) is 5.41 Å². The molecule has 0 amide bonds. The molecule has 0 radical (unpaired) electrons. The summed E-state index contributed by atoms with van der Waals surface area (Å²) in [6.07, 6.45) is 3.67. The van der Waals surface area contributed by atoms with Crippen molar-refractivity contribution in [2.24, 2.45) is 5.41 Å². The SMILES string of the molecule is CNCc1cn(CC(C)(C)C(=O)OC)cn1. The van der Waals surface area contributed by atoms with Crippen LogP contribution in [0.1, 0.15) is 19.5 Å². The molecular formula is C11H19N3O2. The van der Waals surface area contributed by atoms with Gasteiger partial charge >= 0.3 is 5.97 Å². The summed E-state index contributed by atoms with van der Waals surface area (Å²) in [6, 6.07) is 0. The van der Waals surface area contributed by atoms with E-state index in [0.717, 1.165) is 12.2 Å². The fraction of sp³-hybridized carbons (Fsp3) is 0.636. The summed E-state index contributed by atoms with van der Waals surface area (Å²) in [5.74, 6) is -0.212. The van der Waals surface area contributed by atoms with Gasteiger partial charge in [0.15, 0.2) is 0 Å². The molecule has 90 valence electrons. The first-order valence-electron chi connectivity index (χ1n) is 5.23. The molecule has 0 fully saturated rings. The normalized spacial score (nSPS) is 11.5. The third-order valence-electron chi connectivity index (χ3n) is 2.36. The van der Waals surface area contributed by atoms with E-state index in [9.17, 15) is 4.79 Å². The van der Waals surface area contributed by atoms with Crippen LogP contribution in [-0.2, 0) is 22.6 Å². The maximum Gasteiger partial charge on any atom is 0.313 e. The van der Waals surface area contributed by atoms with E-state index in [2.05, 4.69) is 10.3 Å². The minimum absolute atomic E-state index is 0.212. The van der Waals surface area contributed by atoms with Crippen molar-refractivity contribution in [1.29, 1.82) is 0 Å². The Morgan fingerprint density at radius 2 is 2.31 bits per heavy atom. The second kappa shape index (κ2) is 5.12. The second-order valence-corrected chi connectivity index (χ2v) is 4.44. The van der Waals surface area contributed by atoms with Gasteiger partial charge in [0.2, 0.25) is 0 Å². The number of rotatable bonds is 5. The summed E-state index contributed by atoms with van der Waals surface area (Å²) in [5, 5.41) is 3.03. The Balaban J connectivity index is 2.68. The highest BCUT2D eigenvalue weighted by atomic mass is 16.5. The Kier molecular flexibility index (Phi) is 4.06. The zero-order chi connectivity index (χ0) is 12.2. The molecule has 0 aromatic carbocycles. The number of nitrogens with one attached hydrogen (secondary N) is 1. The van der Waals surface area contributed by atoms with E-state index in [1.54, 1.807) is 6.33 Å². The molecule has 5 nitrogen and oxygen atoms in total. The van der Waals surface area contributed by atoms with Crippen LogP contribution in [0.2, 0.25) is 0 Å². The summed E-state index contributed by atoms with van der Waals surface area (Å²) in [4.78, 5) is 15.7. The van der Waals surface area contributed by atoms with Crippen LogP contribution >= 0.6 is 0 Å². The van der Waals surface area contributed by atoms with Gasteiger partial charge in [-0.15, -0.1) is 0 Å². The van der Waals surface area contributed by atoms with Crippen LogP contribution in [0.3, 0.4) is 0 Å². The fourth-order valence-corrected chi connectivity index (χ4v) is 1.56. The van der Waals surface area contributed by atoms with Crippen LogP contribution in [0.4, 0.5) is 0 Å². The molecule has 1 aromatic heterocycles. The Bertz CT molecular complexity index is 358. The summed E-state index contributed by atoms with van der Waals surface area (Å²) in [5.41, 5.74) is 0.426. The Labute approximate surface area is 95.8 Å². The molecule has 5 heteroatoms. The lowest BCUT2D eigenvalue weighted by atomic mass is 9.94. The van der Waals surface area contributed by atoms with E-state index >= 15 is 0 Å². The molecular weight excluding hydrogens is 206 g/mol. The molecule has 16 heavy (non-hydrogen) atoms. The molecule has 0 atom stereocenters. The number of carbonyl (C=O) groups is 1. The number of aromatic nitrogens is 2. The monoisotopic (exact) mass is 225 g/mol. The molecule has 0 saturated heterocycles. The van der Waals surface area contributed by atoms with Crippen molar-refractivity contribution >= 4 is 5.97 Å². The minimum atomic E-state index is -0.535. The lowest BCUT2D eigenvalue weighted by Gasteiger charge is -2.21. The smallest absolute Gasteiger partial charge is 0.313 e. The number of nitrogens with zero attached hydrogens (tertiary/aromatic N) is 2. The average molecular weight is 225 g/mol. The first kappa shape index (κ1) is 12.7. The van der Waals surface area contributed by atoms with Crippen LogP contribution < -0.4 is 5.32 Å². The lowest BCUT2D eigenvalue weighted by Crippen LogP contribution is -2.30. The molecule has 0 aliphatic rings. The number of esters is 1. The van der Waals surface area contributed by atoms with E-state index in [1.165, 1.54) is 7.11 Å². The van der Waals surface area contributed by atoms with Gasteiger partial charge in [0.05, 0.1) is 24.5 Å². The largest absolute Gasteiger partial charge is 0.469 e. The van der Waals surface area contributed by atoms with Gasteiger partial charge in [0.1, 0.15) is 0 Å². The van der Waals surface area contributed by atoms with Crippen molar-refractivity contribution in [3.8, 4) is 0 Å². The maximum atomic E-state index is 11.5. The molecule has 0 unspecified atom stereocenters. The topological polar surface area (TPSA) is 56.2 Å². The number of carbonyl (C=O) groups excluding carboxylic acids is 1. The highest BCUT2D eigenvalue weighted by molar-refractivity contribution is 5.75. The highest BCUT2D eigenvalue weighted by Crippen LogP contribution is 2.19. The van der Waals surface area contributed by atoms with Gasteiger partial charge in [-0.05, 0) is 20.9 Å². The maximum absolute atomic E-state index is 11.5. The molecule has 1 aromatic rings. The molecule has 0 saturated carbocycles. The number of imidazole rings is 1.